The number of benzene rings is 1. The Bertz CT molecular complexity index is 925. The molecule has 1 amide bonds. The number of hydrogen-bond acceptors (Lipinski definition) is 5. The molecule has 0 spiro atoms. The van der Waals surface area contributed by atoms with E-state index in [1.54, 1.807) is 0 Å². The molecule has 1 aliphatic heterocycles. The van der Waals surface area contributed by atoms with Crippen LogP contribution >= 0.6 is 0 Å². The summed E-state index contributed by atoms with van der Waals surface area (Å²) in [6, 6.07) is 5.90. The van der Waals surface area contributed by atoms with E-state index in [0.717, 1.165) is 46.3 Å². The van der Waals surface area contributed by atoms with Crippen LogP contribution in [0.5, 0.6) is 0 Å². The molecule has 1 aromatic carbocycles. The summed E-state index contributed by atoms with van der Waals surface area (Å²) in [6.07, 6.45) is 1.79. The quantitative estimate of drug-likeness (QED) is 0.718. The van der Waals surface area contributed by atoms with Crippen molar-refractivity contribution in [3.05, 3.63) is 46.5 Å². The van der Waals surface area contributed by atoms with Crippen LogP contribution in [0.1, 0.15) is 52.0 Å². The molecule has 1 aliphatic rings. The van der Waals surface area contributed by atoms with Crippen molar-refractivity contribution in [3.8, 4) is 0 Å². The van der Waals surface area contributed by atoms with E-state index in [4.69, 9.17) is 9.05 Å². The molecule has 3 heterocycles. The molecule has 6 heteroatoms. The SMILES string of the molecule is Cc1ccc2c(C)c(C(=O)N3CCC[C@H]3c3nonc3C)oc2c1. The van der Waals surface area contributed by atoms with Gasteiger partial charge in [-0.1, -0.05) is 22.4 Å². The number of amides is 1. The zero-order valence-corrected chi connectivity index (χ0v) is 14.0. The van der Waals surface area contributed by atoms with E-state index in [-0.39, 0.29) is 11.9 Å². The third kappa shape index (κ3) is 2.21. The van der Waals surface area contributed by atoms with Crippen molar-refractivity contribution in [3.63, 3.8) is 0 Å². The first-order valence-electron chi connectivity index (χ1n) is 8.16. The highest BCUT2D eigenvalue weighted by Crippen LogP contribution is 2.35. The Balaban J connectivity index is 1.73. The first-order valence-corrected chi connectivity index (χ1v) is 8.16. The van der Waals surface area contributed by atoms with Gasteiger partial charge in [0.15, 0.2) is 5.76 Å². The Morgan fingerprint density at radius 2 is 2.08 bits per heavy atom. The van der Waals surface area contributed by atoms with Crippen LogP contribution in [-0.2, 0) is 0 Å². The standard InChI is InChI=1S/C18H19N3O3/c1-10-6-7-13-11(2)17(23-15(13)9-10)18(22)21-8-4-5-14(21)16-12(3)19-24-20-16/h6-7,9,14H,4-5,8H2,1-3H3/t14-/m0/s1. The maximum atomic E-state index is 13.1. The lowest BCUT2D eigenvalue weighted by molar-refractivity contribution is 0.0699. The maximum Gasteiger partial charge on any atom is 0.290 e. The van der Waals surface area contributed by atoms with E-state index < -0.39 is 0 Å². The van der Waals surface area contributed by atoms with Crippen LogP contribution in [0.15, 0.2) is 27.2 Å². The second kappa shape index (κ2) is 5.47. The number of carbonyl (C=O) groups is 1. The van der Waals surface area contributed by atoms with Crippen LogP contribution < -0.4 is 0 Å². The summed E-state index contributed by atoms with van der Waals surface area (Å²) in [5.74, 6) is 0.322. The lowest BCUT2D eigenvalue weighted by atomic mass is 10.1. The first kappa shape index (κ1) is 14.9. The molecule has 0 N–H and O–H groups in total. The highest BCUT2D eigenvalue weighted by atomic mass is 16.6. The molecule has 0 saturated carbocycles. The lowest BCUT2D eigenvalue weighted by Crippen LogP contribution is -2.31. The number of nitrogens with zero attached hydrogens (tertiary/aromatic N) is 3. The topological polar surface area (TPSA) is 72.4 Å². The fourth-order valence-corrected chi connectivity index (χ4v) is 3.50. The monoisotopic (exact) mass is 325 g/mol. The van der Waals surface area contributed by atoms with Crippen molar-refractivity contribution < 1.29 is 13.8 Å². The summed E-state index contributed by atoms with van der Waals surface area (Å²) in [4.78, 5) is 14.9. The Kier molecular flexibility index (Phi) is 3.40. The van der Waals surface area contributed by atoms with Crippen LogP contribution in [-0.4, -0.2) is 27.7 Å². The number of furan rings is 1. The summed E-state index contributed by atoms with van der Waals surface area (Å²) in [6.45, 7) is 6.48. The van der Waals surface area contributed by atoms with Crippen molar-refractivity contribution in [2.24, 2.45) is 0 Å². The molecule has 24 heavy (non-hydrogen) atoms. The lowest BCUT2D eigenvalue weighted by Gasteiger charge is -2.22. The molecule has 0 aliphatic carbocycles. The zero-order valence-electron chi connectivity index (χ0n) is 14.0. The smallest absolute Gasteiger partial charge is 0.290 e. The maximum absolute atomic E-state index is 13.1. The third-order valence-electron chi connectivity index (χ3n) is 4.80. The Morgan fingerprint density at radius 1 is 1.25 bits per heavy atom. The molecule has 0 bridgehead atoms. The Hall–Kier alpha value is -2.63. The average Bonchev–Trinajstić information content (AvgIpc) is 3.25. The molecule has 3 aromatic rings. The Labute approximate surface area is 139 Å². The molecule has 124 valence electrons. The number of aromatic nitrogens is 2. The van der Waals surface area contributed by atoms with Crippen molar-refractivity contribution >= 4 is 16.9 Å². The number of hydrogen-bond donors (Lipinski definition) is 0. The van der Waals surface area contributed by atoms with Gasteiger partial charge in [-0.2, -0.15) is 0 Å². The van der Waals surface area contributed by atoms with Gasteiger partial charge >= 0.3 is 0 Å². The highest BCUT2D eigenvalue weighted by Gasteiger charge is 2.36. The molecule has 1 fully saturated rings. The van der Waals surface area contributed by atoms with Gasteiger partial charge in [-0.15, -0.1) is 0 Å². The van der Waals surface area contributed by atoms with Crippen LogP contribution in [0.3, 0.4) is 0 Å². The molecular weight excluding hydrogens is 306 g/mol. The van der Waals surface area contributed by atoms with Crippen molar-refractivity contribution in [1.29, 1.82) is 0 Å². The van der Waals surface area contributed by atoms with Gasteiger partial charge in [-0.25, -0.2) is 4.63 Å². The van der Waals surface area contributed by atoms with Gasteiger partial charge in [0, 0.05) is 17.5 Å². The predicted molar refractivity (Wildman–Crippen MR) is 87.7 cm³/mol. The number of aryl methyl sites for hydroxylation is 3. The predicted octanol–water partition coefficient (Wildman–Crippen LogP) is 3.72. The minimum Gasteiger partial charge on any atom is -0.451 e. The van der Waals surface area contributed by atoms with E-state index >= 15 is 0 Å². The number of rotatable bonds is 2. The minimum atomic E-state index is -0.0990. The van der Waals surface area contributed by atoms with E-state index in [2.05, 4.69) is 10.3 Å². The second-order valence-electron chi connectivity index (χ2n) is 6.45. The van der Waals surface area contributed by atoms with Gasteiger partial charge in [-0.3, -0.25) is 4.79 Å². The third-order valence-corrected chi connectivity index (χ3v) is 4.80. The zero-order chi connectivity index (χ0) is 16.8. The molecule has 0 unspecified atom stereocenters. The first-order chi connectivity index (χ1) is 11.6. The van der Waals surface area contributed by atoms with Crippen LogP contribution in [0, 0.1) is 20.8 Å². The molecule has 6 nitrogen and oxygen atoms in total. The number of carbonyl (C=O) groups excluding carboxylic acids is 1. The Morgan fingerprint density at radius 3 is 2.83 bits per heavy atom. The molecule has 1 atom stereocenters. The van der Waals surface area contributed by atoms with Crippen molar-refractivity contribution in [2.45, 2.75) is 39.7 Å². The van der Waals surface area contributed by atoms with E-state index in [1.165, 1.54) is 0 Å². The van der Waals surface area contributed by atoms with Gasteiger partial charge < -0.3 is 9.32 Å². The van der Waals surface area contributed by atoms with Gasteiger partial charge in [-0.05, 0) is 45.2 Å². The van der Waals surface area contributed by atoms with Crippen LogP contribution in [0.4, 0.5) is 0 Å². The highest BCUT2D eigenvalue weighted by molar-refractivity contribution is 5.99. The number of fused-ring (bicyclic) bond motifs is 1. The van der Waals surface area contributed by atoms with Gasteiger partial charge in [0.2, 0.25) is 0 Å². The van der Waals surface area contributed by atoms with Gasteiger partial charge in [0.1, 0.15) is 17.0 Å². The summed E-state index contributed by atoms with van der Waals surface area (Å²) < 4.78 is 10.7. The van der Waals surface area contributed by atoms with Gasteiger partial charge in [0.25, 0.3) is 5.91 Å². The number of likely N-dealkylation sites (tertiary alicyclic amines) is 1. The van der Waals surface area contributed by atoms with Crippen molar-refractivity contribution in [2.75, 3.05) is 6.54 Å². The summed E-state index contributed by atoms with van der Waals surface area (Å²) in [7, 11) is 0. The fraction of sp³-hybridized carbons (Fsp3) is 0.389. The van der Waals surface area contributed by atoms with E-state index in [0.29, 0.717) is 12.3 Å². The molecule has 4 rings (SSSR count). The van der Waals surface area contributed by atoms with Crippen molar-refractivity contribution in [1.82, 2.24) is 15.2 Å². The van der Waals surface area contributed by atoms with Crippen LogP contribution in [0.25, 0.3) is 11.0 Å². The molecule has 1 saturated heterocycles. The molecule has 0 radical (unpaired) electrons. The summed E-state index contributed by atoms with van der Waals surface area (Å²) in [5, 5.41) is 8.82. The summed E-state index contributed by atoms with van der Waals surface area (Å²) >= 11 is 0. The van der Waals surface area contributed by atoms with Crippen LogP contribution in [0.2, 0.25) is 0 Å². The summed E-state index contributed by atoms with van der Waals surface area (Å²) in [5.41, 5.74) is 4.22. The molecule has 2 aromatic heterocycles. The largest absolute Gasteiger partial charge is 0.451 e. The average molecular weight is 325 g/mol. The van der Waals surface area contributed by atoms with E-state index in [1.807, 2.05) is 43.9 Å². The fourth-order valence-electron chi connectivity index (χ4n) is 3.50. The molecular formula is C18H19N3O3. The normalized spacial score (nSPS) is 17.8. The minimum absolute atomic E-state index is 0.0914. The van der Waals surface area contributed by atoms with E-state index in [9.17, 15) is 4.79 Å². The second-order valence-corrected chi connectivity index (χ2v) is 6.45. The van der Waals surface area contributed by atoms with Gasteiger partial charge in [0.05, 0.1) is 6.04 Å².